The van der Waals surface area contributed by atoms with Crippen molar-refractivity contribution in [2.24, 2.45) is 0 Å². The molecule has 2 N–H and O–H groups in total. The summed E-state index contributed by atoms with van der Waals surface area (Å²) < 4.78 is 5.38. The van der Waals surface area contributed by atoms with E-state index in [0.717, 1.165) is 11.1 Å². The fourth-order valence-electron chi connectivity index (χ4n) is 2.59. The number of nitrogens with one attached hydrogen (secondary N) is 1. The molecule has 3 rings (SSSR count). The zero-order valence-corrected chi connectivity index (χ0v) is 13.9. The molecule has 1 heterocycles. The maximum absolute atomic E-state index is 12.3. The monoisotopic (exact) mass is 336 g/mol. The Balaban J connectivity index is 1.59. The standard InChI is InChI=1S/C20H20N2O3/c1-14(12-18(23)15-8-4-2-5-9-15)21-19(24)17-13-25-20(22-17)16-10-6-3-7-11-16/h2-11,13-14,18,23H,12H2,1H3,(H,21,24). The van der Waals surface area contributed by atoms with E-state index in [1.54, 1.807) is 0 Å². The molecule has 0 aliphatic rings. The molecule has 0 saturated heterocycles. The van der Waals surface area contributed by atoms with Gasteiger partial charge in [-0.1, -0.05) is 48.5 Å². The van der Waals surface area contributed by atoms with Crippen LogP contribution in [0.3, 0.4) is 0 Å². The molecule has 1 amide bonds. The van der Waals surface area contributed by atoms with Crippen molar-refractivity contribution in [3.63, 3.8) is 0 Å². The number of amides is 1. The van der Waals surface area contributed by atoms with Crippen LogP contribution in [0.1, 0.15) is 35.5 Å². The minimum Gasteiger partial charge on any atom is -0.444 e. The molecule has 2 aromatic carbocycles. The molecule has 0 saturated carbocycles. The van der Waals surface area contributed by atoms with Crippen LogP contribution in [0.2, 0.25) is 0 Å². The first-order valence-electron chi connectivity index (χ1n) is 8.18. The molecular formula is C20H20N2O3. The minimum absolute atomic E-state index is 0.209. The average molecular weight is 336 g/mol. The van der Waals surface area contributed by atoms with Crippen molar-refractivity contribution in [2.45, 2.75) is 25.5 Å². The quantitative estimate of drug-likeness (QED) is 0.721. The summed E-state index contributed by atoms with van der Waals surface area (Å²) in [6, 6.07) is 18.6. The van der Waals surface area contributed by atoms with E-state index in [-0.39, 0.29) is 17.6 Å². The Morgan fingerprint density at radius 3 is 2.44 bits per heavy atom. The fraction of sp³-hybridized carbons (Fsp3) is 0.200. The predicted octanol–water partition coefficient (Wildman–Crippen LogP) is 3.58. The van der Waals surface area contributed by atoms with Gasteiger partial charge in [-0.15, -0.1) is 0 Å². The summed E-state index contributed by atoms with van der Waals surface area (Å²) in [5.41, 5.74) is 1.87. The van der Waals surface area contributed by atoms with E-state index in [0.29, 0.717) is 12.3 Å². The van der Waals surface area contributed by atoms with Crippen molar-refractivity contribution >= 4 is 5.91 Å². The molecule has 0 fully saturated rings. The van der Waals surface area contributed by atoms with Gasteiger partial charge in [-0.2, -0.15) is 0 Å². The smallest absolute Gasteiger partial charge is 0.273 e. The van der Waals surface area contributed by atoms with Gasteiger partial charge >= 0.3 is 0 Å². The van der Waals surface area contributed by atoms with Crippen molar-refractivity contribution in [3.05, 3.63) is 78.2 Å². The number of oxazole rings is 1. The van der Waals surface area contributed by atoms with E-state index < -0.39 is 6.10 Å². The van der Waals surface area contributed by atoms with Crippen LogP contribution in [-0.2, 0) is 0 Å². The summed E-state index contributed by atoms with van der Waals surface area (Å²) in [6.07, 6.45) is 1.13. The molecule has 0 aliphatic carbocycles. The third kappa shape index (κ3) is 4.33. The third-order valence-electron chi connectivity index (χ3n) is 3.90. The van der Waals surface area contributed by atoms with Crippen molar-refractivity contribution in [1.82, 2.24) is 10.3 Å². The van der Waals surface area contributed by atoms with E-state index in [4.69, 9.17) is 4.42 Å². The number of aliphatic hydroxyl groups is 1. The lowest BCUT2D eigenvalue weighted by Crippen LogP contribution is -2.34. The van der Waals surface area contributed by atoms with E-state index in [1.165, 1.54) is 6.26 Å². The Hall–Kier alpha value is -2.92. The molecule has 3 aromatic rings. The first kappa shape index (κ1) is 16.9. The maximum atomic E-state index is 12.3. The Kier molecular flexibility index (Phi) is 5.26. The predicted molar refractivity (Wildman–Crippen MR) is 94.9 cm³/mol. The lowest BCUT2D eigenvalue weighted by Gasteiger charge is -2.17. The number of hydrogen-bond donors (Lipinski definition) is 2. The topological polar surface area (TPSA) is 75.4 Å². The third-order valence-corrected chi connectivity index (χ3v) is 3.90. The summed E-state index contributed by atoms with van der Waals surface area (Å²) in [7, 11) is 0. The van der Waals surface area contributed by atoms with Crippen LogP contribution in [0, 0.1) is 0 Å². The molecule has 0 spiro atoms. The zero-order valence-electron chi connectivity index (χ0n) is 13.9. The van der Waals surface area contributed by atoms with Crippen LogP contribution in [0.25, 0.3) is 11.5 Å². The highest BCUT2D eigenvalue weighted by Gasteiger charge is 2.18. The lowest BCUT2D eigenvalue weighted by atomic mass is 10.0. The highest BCUT2D eigenvalue weighted by atomic mass is 16.3. The van der Waals surface area contributed by atoms with E-state index >= 15 is 0 Å². The number of hydrogen-bond acceptors (Lipinski definition) is 4. The van der Waals surface area contributed by atoms with Gasteiger partial charge in [0, 0.05) is 11.6 Å². The number of nitrogens with zero attached hydrogens (tertiary/aromatic N) is 1. The highest BCUT2D eigenvalue weighted by Crippen LogP contribution is 2.19. The molecule has 5 heteroatoms. The summed E-state index contributed by atoms with van der Waals surface area (Å²) >= 11 is 0. The van der Waals surface area contributed by atoms with Gasteiger partial charge in [0.25, 0.3) is 5.91 Å². The number of benzene rings is 2. The molecular weight excluding hydrogens is 316 g/mol. The Morgan fingerprint density at radius 2 is 1.76 bits per heavy atom. The fourth-order valence-corrected chi connectivity index (χ4v) is 2.59. The van der Waals surface area contributed by atoms with Crippen LogP contribution in [-0.4, -0.2) is 22.0 Å². The van der Waals surface area contributed by atoms with Gasteiger partial charge in [0.2, 0.25) is 5.89 Å². The highest BCUT2D eigenvalue weighted by molar-refractivity contribution is 5.92. The van der Waals surface area contributed by atoms with E-state index in [1.807, 2.05) is 67.6 Å². The van der Waals surface area contributed by atoms with Gasteiger partial charge in [-0.05, 0) is 31.0 Å². The van der Waals surface area contributed by atoms with Gasteiger partial charge in [0.05, 0.1) is 6.10 Å². The normalized spacial score (nSPS) is 13.2. The number of aromatic nitrogens is 1. The second-order valence-electron chi connectivity index (χ2n) is 5.94. The Labute approximate surface area is 146 Å². The second kappa shape index (κ2) is 7.77. The van der Waals surface area contributed by atoms with Crippen molar-refractivity contribution in [3.8, 4) is 11.5 Å². The van der Waals surface area contributed by atoms with E-state index in [9.17, 15) is 9.90 Å². The van der Waals surface area contributed by atoms with Gasteiger partial charge in [-0.25, -0.2) is 4.98 Å². The summed E-state index contributed by atoms with van der Waals surface area (Å²) in [5.74, 6) is 0.0846. The lowest BCUT2D eigenvalue weighted by molar-refractivity contribution is 0.0912. The van der Waals surface area contributed by atoms with Crippen molar-refractivity contribution in [1.29, 1.82) is 0 Å². The minimum atomic E-state index is -0.631. The van der Waals surface area contributed by atoms with Crippen LogP contribution in [0.15, 0.2) is 71.3 Å². The molecule has 5 nitrogen and oxygen atoms in total. The molecule has 128 valence electrons. The number of aliphatic hydroxyl groups excluding tert-OH is 1. The zero-order chi connectivity index (χ0) is 17.6. The number of rotatable bonds is 6. The Morgan fingerprint density at radius 1 is 1.12 bits per heavy atom. The van der Waals surface area contributed by atoms with Crippen LogP contribution in [0.5, 0.6) is 0 Å². The largest absolute Gasteiger partial charge is 0.444 e. The number of carbonyl (C=O) groups excluding carboxylic acids is 1. The Bertz CT molecular complexity index is 815. The summed E-state index contributed by atoms with van der Waals surface area (Å²) in [4.78, 5) is 16.5. The van der Waals surface area contributed by atoms with Gasteiger partial charge in [0.1, 0.15) is 6.26 Å². The SMILES string of the molecule is CC(CC(O)c1ccccc1)NC(=O)c1coc(-c2ccccc2)n1. The molecule has 0 aliphatic heterocycles. The molecule has 0 bridgehead atoms. The van der Waals surface area contributed by atoms with E-state index in [2.05, 4.69) is 10.3 Å². The van der Waals surface area contributed by atoms with Gasteiger partial charge < -0.3 is 14.8 Å². The first-order chi connectivity index (χ1) is 12.1. The first-order valence-corrected chi connectivity index (χ1v) is 8.18. The maximum Gasteiger partial charge on any atom is 0.273 e. The number of carbonyl (C=O) groups is 1. The summed E-state index contributed by atoms with van der Waals surface area (Å²) in [5, 5.41) is 13.1. The molecule has 2 atom stereocenters. The average Bonchev–Trinajstić information content (AvgIpc) is 3.13. The van der Waals surface area contributed by atoms with Crippen LogP contribution >= 0.6 is 0 Å². The molecule has 25 heavy (non-hydrogen) atoms. The van der Waals surface area contributed by atoms with Gasteiger partial charge in [0.15, 0.2) is 5.69 Å². The van der Waals surface area contributed by atoms with Crippen LogP contribution < -0.4 is 5.32 Å². The summed E-state index contributed by atoms with van der Waals surface area (Å²) in [6.45, 7) is 1.85. The van der Waals surface area contributed by atoms with Crippen molar-refractivity contribution < 1.29 is 14.3 Å². The van der Waals surface area contributed by atoms with Gasteiger partial charge in [-0.3, -0.25) is 4.79 Å². The molecule has 2 unspecified atom stereocenters. The van der Waals surface area contributed by atoms with Crippen molar-refractivity contribution in [2.75, 3.05) is 0 Å². The molecule has 0 radical (unpaired) electrons. The second-order valence-corrected chi connectivity index (χ2v) is 5.94. The molecule has 1 aromatic heterocycles. The van der Waals surface area contributed by atoms with Crippen LogP contribution in [0.4, 0.5) is 0 Å².